The lowest BCUT2D eigenvalue weighted by Crippen LogP contribution is -2.36. The van der Waals surface area contributed by atoms with Crippen molar-refractivity contribution in [3.63, 3.8) is 0 Å². The number of amides is 1. The second kappa shape index (κ2) is 7.38. The third-order valence-electron chi connectivity index (χ3n) is 4.92. The zero-order valence-electron chi connectivity index (χ0n) is 14.4. The molecular weight excluding hydrogens is 322 g/mol. The van der Waals surface area contributed by atoms with Gasteiger partial charge in [0.25, 0.3) is 0 Å². The van der Waals surface area contributed by atoms with Crippen LogP contribution in [-0.4, -0.2) is 26.5 Å². The molecule has 0 spiro atoms. The lowest BCUT2D eigenvalue weighted by molar-refractivity contribution is -0.134. The first-order chi connectivity index (χ1) is 11.6. The largest absolute Gasteiger partial charge is 0.353 e. The predicted molar refractivity (Wildman–Crippen MR) is 96.3 cm³/mol. The van der Waals surface area contributed by atoms with Crippen LogP contribution in [0.1, 0.15) is 49.5 Å². The molecule has 1 atom stereocenters. The Morgan fingerprint density at radius 1 is 1.33 bits per heavy atom. The molecule has 1 saturated heterocycles. The molecule has 1 fully saturated rings. The summed E-state index contributed by atoms with van der Waals surface area (Å²) in [7, 11) is 2.04. The molecule has 0 aliphatic carbocycles. The van der Waals surface area contributed by atoms with Gasteiger partial charge in [0.1, 0.15) is 0 Å². The summed E-state index contributed by atoms with van der Waals surface area (Å²) in [4.78, 5) is 26.8. The molecule has 2 aromatic heterocycles. The van der Waals surface area contributed by atoms with Crippen LogP contribution in [0.25, 0.3) is 0 Å². The molecule has 130 valence electrons. The quantitative estimate of drug-likeness (QED) is 0.853. The minimum absolute atomic E-state index is 0.0233. The van der Waals surface area contributed by atoms with Crippen molar-refractivity contribution in [2.24, 2.45) is 7.05 Å². The molecule has 2 aromatic rings. The van der Waals surface area contributed by atoms with E-state index >= 15 is 0 Å². The van der Waals surface area contributed by atoms with E-state index in [0.29, 0.717) is 13.0 Å². The van der Waals surface area contributed by atoms with Crippen LogP contribution in [0.15, 0.2) is 28.5 Å². The van der Waals surface area contributed by atoms with Gasteiger partial charge in [-0.3, -0.25) is 9.59 Å². The number of aromatic nitrogens is 2. The average molecular weight is 347 g/mol. The SMILES string of the molecule is Cc1csc(=O)n1CCC(=O)N1CCCCCC1c1cccn1C. The van der Waals surface area contributed by atoms with Gasteiger partial charge in [0, 0.05) is 49.5 Å². The maximum absolute atomic E-state index is 12.9. The lowest BCUT2D eigenvalue weighted by Gasteiger charge is -2.31. The second-order valence-corrected chi connectivity index (χ2v) is 7.36. The third-order valence-corrected chi connectivity index (χ3v) is 5.81. The normalized spacial score (nSPS) is 18.6. The first kappa shape index (κ1) is 17.0. The highest BCUT2D eigenvalue weighted by Crippen LogP contribution is 2.30. The van der Waals surface area contributed by atoms with E-state index in [1.165, 1.54) is 23.5 Å². The molecule has 0 bridgehead atoms. The monoisotopic (exact) mass is 347 g/mol. The van der Waals surface area contributed by atoms with E-state index in [2.05, 4.69) is 10.6 Å². The second-order valence-electron chi connectivity index (χ2n) is 6.54. The van der Waals surface area contributed by atoms with Crippen LogP contribution in [0.3, 0.4) is 0 Å². The summed E-state index contributed by atoms with van der Waals surface area (Å²) in [6.45, 7) is 3.20. The van der Waals surface area contributed by atoms with Gasteiger partial charge < -0.3 is 14.0 Å². The van der Waals surface area contributed by atoms with E-state index in [0.717, 1.165) is 31.5 Å². The van der Waals surface area contributed by atoms with Crippen molar-refractivity contribution in [3.8, 4) is 0 Å². The van der Waals surface area contributed by atoms with Gasteiger partial charge in [0.15, 0.2) is 0 Å². The maximum atomic E-state index is 12.9. The van der Waals surface area contributed by atoms with Gasteiger partial charge in [-0.05, 0) is 31.9 Å². The predicted octanol–water partition coefficient (Wildman–Crippen LogP) is 3.09. The van der Waals surface area contributed by atoms with Crippen LogP contribution in [0, 0.1) is 6.92 Å². The minimum Gasteiger partial charge on any atom is -0.353 e. The number of carbonyl (C=O) groups excluding carboxylic acids is 1. The number of nitrogens with zero attached hydrogens (tertiary/aromatic N) is 3. The molecule has 3 heterocycles. The highest BCUT2D eigenvalue weighted by atomic mass is 32.1. The van der Waals surface area contributed by atoms with Gasteiger partial charge in [-0.2, -0.15) is 0 Å². The van der Waals surface area contributed by atoms with E-state index < -0.39 is 0 Å². The number of carbonyl (C=O) groups is 1. The zero-order valence-corrected chi connectivity index (χ0v) is 15.2. The number of hydrogen-bond donors (Lipinski definition) is 0. The van der Waals surface area contributed by atoms with Gasteiger partial charge in [-0.25, -0.2) is 0 Å². The molecule has 1 amide bonds. The number of hydrogen-bond acceptors (Lipinski definition) is 3. The Bertz CT molecular complexity index is 758. The van der Waals surface area contributed by atoms with Crippen molar-refractivity contribution < 1.29 is 4.79 Å². The van der Waals surface area contributed by atoms with Crippen LogP contribution < -0.4 is 4.87 Å². The fraction of sp³-hybridized carbons (Fsp3) is 0.556. The molecule has 5 nitrogen and oxygen atoms in total. The van der Waals surface area contributed by atoms with Gasteiger partial charge in [0.2, 0.25) is 5.91 Å². The van der Waals surface area contributed by atoms with Gasteiger partial charge in [-0.1, -0.05) is 24.2 Å². The lowest BCUT2D eigenvalue weighted by atomic mass is 10.1. The van der Waals surface area contributed by atoms with Gasteiger partial charge in [-0.15, -0.1) is 0 Å². The molecule has 1 aliphatic rings. The number of likely N-dealkylation sites (tertiary alicyclic amines) is 1. The van der Waals surface area contributed by atoms with Crippen molar-refractivity contribution in [3.05, 3.63) is 44.8 Å². The molecule has 0 saturated carbocycles. The number of rotatable bonds is 4. The summed E-state index contributed by atoms with van der Waals surface area (Å²) in [6, 6.07) is 4.31. The molecule has 6 heteroatoms. The molecule has 0 radical (unpaired) electrons. The standard InChI is InChI=1S/C18H25N3O2S/c1-14-13-24-18(23)20(14)12-9-17(22)21-11-5-3-4-7-16(21)15-8-6-10-19(15)2/h6,8,10,13,16H,3-5,7,9,11-12H2,1-2H3. The summed E-state index contributed by atoms with van der Waals surface area (Å²) >= 11 is 1.20. The Labute approximate surface area is 146 Å². The zero-order chi connectivity index (χ0) is 17.1. The Balaban J connectivity index is 1.75. The van der Waals surface area contributed by atoms with Crippen molar-refractivity contribution >= 4 is 17.2 Å². The summed E-state index contributed by atoms with van der Waals surface area (Å²) < 4.78 is 3.82. The first-order valence-electron chi connectivity index (χ1n) is 8.63. The van der Waals surface area contributed by atoms with E-state index in [1.807, 2.05) is 36.5 Å². The Kier molecular flexibility index (Phi) is 5.23. The van der Waals surface area contributed by atoms with Crippen molar-refractivity contribution in [1.29, 1.82) is 0 Å². The van der Waals surface area contributed by atoms with Crippen LogP contribution in [0.5, 0.6) is 0 Å². The van der Waals surface area contributed by atoms with E-state index in [1.54, 1.807) is 4.57 Å². The highest BCUT2D eigenvalue weighted by molar-refractivity contribution is 7.07. The van der Waals surface area contributed by atoms with E-state index in [9.17, 15) is 9.59 Å². The molecule has 24 heavy (non-hydrogen) atoms. The van der Waals surface area contributed by atoms with Crippen LogP contribution in [-0.2, 0) is 18.4 Å². The van der Waals surface area contributed by atoms with Crippen LogP contribution in [0.2, 0.25) is 0 Å². The molecule has 1 aliphatic heterocycles. The van der Waals surface area contributed by atoms with E-state index in [-0.39, 0.29) is 16.8 Å². The Hall–Kier alpha value is -1.82. The number of aryl methyl sites for hydroxylation is 2. The Morgan fingerprint density at radius 2 is 2.17 bits per heavy atom. The Morgan fingerprint density at radius 3 is 2.83 bits per heavy atom. The van der Waals surface area contributed by atoms with Crippen LogP contribution >= 0.6 is 11.3 Å². The molecule has 0 N–H and O–H groups in total. The van der Waals surface area contributed by atoms with Crippen molar-refractivity contribution in [1.82, 2.24) is 14.0 Å². The fourth-order valence-electron chi connectivity index (χ4n) is 3.56. The summed E-state index contributed by atoms with van der Waals surface area (Å²) in [6.07, 6.45) is 6.83. The first-order valence-corrected chi connectivity index (χ1v) is 9.51. The van der Waals surface area contributed by atoms with Crippen molar-refractivity contribution in [2.45, 2.75) is 51.6 Å². The molecule has 1 unspecified atom stereocenters. The summed E-state index contributed by atoms with van der Waals surface area (Å²) in [5, 5.41) is 1.85. The van der Waals surface area contributed by atoms with Crippen molar-refractivity contribution in [2.75, 3.05) is 6.54 Å². The maximum Gasteiger partial charge on any atom is 0.307 e. The fourth-order valence-corrected chi connectivity index (χ4v) is 4.32. The van der Waals surface area contributed by atoms with E-state index in [4.69, 9.17) is 0 Å². The topological polar surface area (TPSA) is 47.2 Å². The minimum atomic E-state index is 0.0233. The van der Waals surface area contributed by atoms with Gasteiger partial charge in [0.05, 0.1) is 6.04 Å². The molecule has 0 aromatic carbocycles. The highest BCUT2D eigenvalue weighted by Gasteiger charge is 2.28. The number of thiazole rings is 1. The molecule has 3 rings (SSSR count). The van der Waals surface area contributed by atoms with Crippen LogP contribution in [0.4, 0.5) is 0 Å². The van der Waals surface area contributed by atoms with Gasteiger partial charge >= 0.3 is 4.87 Å². The summed E-state index contributed by atoms with van der Waals surface area (Å²) in [5.41, 5.74) is 2.14. The third kappa shape index (κ3) is 3.48. The molecular formula is C18H25N3O2S. The average Bonchev–Trinajstić information content (AvgIpc) is 3.02. The smallest absolute Gasteiger partial charge is 0.307 e. The summed E-state index contributed by atoms with van der Waals surface area (Å²) in [5.74, 6) is 0.153.